The maximum atomic E-state index is 6.31. The van der Waals surface area contributed by atoms with Gasteiger partial charge in [0, 0.05) is 38.9 Å². The van der Waals surface area contributed by atoms with Crippen molar-refractivity contribution in [1.29, 1.82) is 0 Å². The Morgan fingerprint density at radius 1 is 1.40 bits per heavy atom. The zero-order valence-corrected chi connectivity index (χ0v) is 21.5. The van der Waals surface area contributed by atoms with Crippen LogP contribution in [0.1, 0.15) is 24.5 Å². The SMILES string of the molecule is CSCCCNC(=NCc1nnc(C)n1C)NC1CCN(c2ncccc2Cl)C1.I. The summed E-state index contributed by atoms with van der Waals surface area (Å²) in [5.74, 6) is 4.51. The summed E-state index contributed by atoms with van der Waals surface area (Å²) in [6.07, 6.45) is 6.00. The van der Waals surface area contributed by atoms with Crippen LogP contribution in [0.25, 0.3) is 0 Å². The lowest BCUT2D eigenvalue weighted by atomic mass is 10.3. The van der Waals surface area contributed by atoms with Gasteiger partial charge in [0.25, 0.3) is 0 Å². The lowest BCUT2D eigenvalue weighted by molar-refractivity contribution is 0.641. The van der Waals surface area contributed by atoms with Crippen LogP contribution < -0.4 is 15.5 Å². The van der Waals surface area contributed by atoms with Gasteiger partial charge >= 0.3 is 0 Å². The Hall–Kier alpha value is -1.27. The number of rotatable bonds is 8. The van der Waals surface area contributed by atoms with Crippen LogP contribution in [0, 0.1) is 6.92 Å². The molecule has 1 fully saturated rings. The number of nitrogens with one attached hydrogen (secondary N) is 2. The van der Waals surface area contributed by atoms with Crippen molar-refractivity contribution in [3.05, 3.63) is 35.0 Å². The Labute approximate surface area is 204 Å². The molecule has 1 aliphatic heterocycles. The third-order valence-corrected chi connectivity index (χ3v) is 5.94. The van der Waals surface area contributed by atoms with E-state index in [2.05, 4.69) is 37.0 Å². The van der Waals surface area contributed by atoms with Crippen LogP contribution in [0.3, 0.4) is 0 Å². The molecule has 3 heterocycles. The highest BCUT2D eigenvalue weighted by Gasteiger charge is 2.25. The van der Waals surface area contributed by atoms with E-state index in [-0.39, 0.29) is 30.0 Å². The number of nitrogens with zero attached hydrogens (tertiary/aromatic N) is 6. The first-order chi connectivity index (χ1) is 14.1. The minimum atomic E-state index is 0. The maximum absolute atomic E-state index is 6.31. The number of hydrogen-bond donors (Lipinski definition) is 2. The van der Waals surface area contributed by atoms with Crippen molar-refractivity contribution >= 4 is 59.1 Å². The summed E-state index contributed by atoms with van der Waals surface area (Å²) in [5, 5.41) is 16.0. The van der Waals surface area contributed by atoms with Gasteiger partial charge in [0.2, 0.25) is 0 Å². The molecule has 0 radical (unpaired) electrons. The lowest BCUT2D eigenvalue weighted by Gasteiger charge is -2.20. The molecular weight excluding hydrogens is 535 g/mol. The molecule has 0 aliphatic carbocycles. The summed E-state index contributed by atoms with van der Waals surface area (Å²) < 4.78 is 1.97. The van der Waals surface area contributed by atoms with Crippen LogP contribution in [-0.2, 0) is 13.6 Å². The van der Waals surface area contributed by atoms with Crippen molar-refractivity contribution in [3.63, 3.8) is 0 Å². The highest BCUT2D eigenvalue weighted by molar-refractivity contribution is 14.0. The second-order valence-corrected chi connectivity index (χ2v) is 8.44. The van der Waals surface area contributed by atoms with Gasteiger partial charge in [-0.3, -0.25) is 0 Å². The van der Waals surface area contributed by atoms with E-state index in [1.165, 1.54) is 0 Å². The number of halogens is 2. The standard InChI is InChI=1S/C19H29ClN8S.HI/c1-14-25-26-17(27(14)2)12-23-19(22-9-5-11-29-3)24-15-7-10-28(13-15)18-16(20)6-4-8-21-18;/h4,6,8,15H,5,7,9-13H2,1-3H3,(H2,22,23,24);1H. The second-order valence-electron chi connectivity index (χ2n) is 7.05. The number of guanidine groups is 1. The van der Waals surface area contributed by atoms with Crippen molar-refractivity contribution in [3.8, 4) is 0 Å². The normalized spacial score (nSPS) is 16.5. The van der Waals surface area contributed by atoms with Crippen LogP contribution in [0.4, 0.5) is 5.82 Å². The van der Waals surface area contributed by atoms with Crippen molar-refractivity contribution in [2.45, 2.75) is 32.4 Å². The molecule has 1 aliphatic rings. The van der Waals surface area contributed by atoms with Gasteiger partial charge in [-0.2, -0.15) is 11.8 Å². The molecule has 0 spiro atoms. The third kappa shape index (κ3) is 6.88. The lowest BCUT2D eigenvalue weighted by Crippen LogP contribution is -2.45. The number of pyridine rings is 1. The molecule has 0 saturated carbocycles. The Morgan fingerprint density at radius 2 is 2.23 bits per heavy atom. The van der Waals surface area contributed by atoms with Crippen molar-refractivity contribution in [1.82, 2.24) is 30.4 Å². The van der Waals surface area contributed by atoms with Gasteiger partial charge in [-0.1, -0.05) is 11.6 Å². The maximum Gasteiger partial charge on any atom is 0.191 e. The smallest absolute Gasteiger partial charge is 0.191 e. The van der Waals surface area contributed by atoms with Gasteiger partial charge in [-0.15, -0.1) is 34.2 Å². The first-order valence-electron chi connectivity index (χ1n) is 9.82. The first kappa shape index (κ1) is 25.0. The summed E-state index contributed by atoms with van der Waals surface area (Å²) in [6, 6.07) is 4.02. The van der Waals surface area contributed by atoms with E-state index < -0.39 is 0 Å². The van der Waals surface area contributed by atoms with Gasteiger partial charge in [-0.25, -0.2) is 9.98 Å². The van der Waals surface area contributed by atoms with E-state index in [0.29, 0.717) is 11.6 Å². The van der Waals surface area contributed by atoms with E-state index >= 15 is 0 Å². The van der Waals surface area contributed by atoms with Gasteiger partial charge in [0.1, 0.15) is 18.2 Å². The van der Waals surface area contributed by atoms with Gasteiger partial charge in [-0.05, 0) is 43.9 Å². The summed E-state index contributed by atoms with van der Waals surface area (Å²) in [5.41, 5.74) is 0. The topological polar surface area (TPSA) is 83.3 Å². The molecular formula is C19H30ClIN8S. The number of anilines is 1. The van der Waals surface area contributed by atoms with Gasteiger partial charge in [0.05, 0.1) is 5.02 Å². The molecule has 11 heteroatoms. The summed E-state index contributed by atoms with van der Waals surface area (Å²) in [6.45, 7) is 5.06. The monoisotopic (exact) mass is 564 g/mol. The van der Waals surface area contributed by atoms with Crippen LogP contribution in [0.5, 0.6) is 0 Å². The summed E-state index contributed by atoms with van der Waals surface area (Å²) in [7, 11) is 1.96. The molecule has 166 valence electrons. The Morgan fingerprint density at radius 3 is 2.93 bits per heavy atom. The van der Waals surface area contributed by atoms with Crippen LogP contribution in [0.2, 0.25) is 5.02 Å². The van der Waals surface area contributed by atoms with E-state index in [1.54, 1.807) is 6.20 Å². The fraction of sp³-hybridized carbons (Fsp3) is 0.579. The Bertz CT molecular complexity index is 831. The average molecular weight is 565 g/mol. The van der Waals surface area contributed by atoms with E-state index in [9.17, 15) is 0 Å². The molecule has 30 heavy (non-hydrogen) atoms. The summed E-state index contributed by atoms with van der Waals surface area (Å²) >= 11 is 8.16. The molecule has 1 saturated heterocycles. The zero-order valence-electron chi connectivity index (χ0n) is 17.6. The number of aliphatic imine (C=N–C) groups is 1. The second kappa shape index (κ2) is 12.6. The fourth-order valence-electron chi connectivity index (χ4n) is 3.19. The van der Waals surface area contributed by atoms with Crippen molar-refractivity contribution < 1.29 is 0 Å². The predicted molar refractivity (Wildman–Crippen MR) is 136 cm³/mol. The molecule has 2 aromatic heterocycles. The minimum absolute atomic E-state index is 0. The number of aromatic nitrogens is 4. The molecule has 1 unspecified atom stereocenters. The van der Waals surface area contributed by atoms with E-state index in [1.807, 2.05) is 42.4 Å². The highest BCUT2D eigenvalue weighted by Crippen LogP contribution is 2.25. The van der Waals surface area contributed by atoms with E-state index in [0.717, 1.165) is 61.7 Å². The first-order valence-corrected chi connectivity index (χ1v) is 11.6. The molecule has 2 N–H and O–H groups in total. The van der Waals surface area contributed by atoms with Crippen LogP contribution in [0.15, 0.2) is 23.3 Å². The fourth-order valence-corrected chi connectivity index (χ4v) is 3.86. The third-order valence-electron chi connectivity index (χ3n) is 4.95. The van der Waals surface area contributed by atoms with Crippen molar-refractivity contribution in [2.24, 2.45) is 12.0 Å². The van der Waals surface area contributed by atoms with Gasteiger partial charge < -0.3 is 20.1 Å². The molecule has 0 amide bonds. The van der Waals surface area contributed by atoms with Crippen LogP contribution in [-0.4, -0.2) is 63.4 Å². The zero-order chi connectivity index (χ0) is 20.6. The molecule has 8 nitrogen and oxygen atoms in total. The summed E-state index contributed by atoms with van der Waals surface area (Å²) in [4.78, 5) is 11.4. The average Bonchev–Trinajstić information content (AvgIpc) is 3.31. The molecule has 0 bridgehead atoms. The molecule has 3 rings (SSSR count). The molecule has 1 atom stereocenters. The minimum Gasteiger partial charge on any atom is -0.356 e. The molecule has 2 aromatic rings. The number of hydrogen-bond acceptors (Lipinski definition) is 6. The Balaban J connectivity index is 0.00000320. The largest absolute Gasteiger partial charge is 0.356 e. The quantitative estimate of drug-likeness (QED) is 0.221. The van der Waals surface area contributed by atoms with E-state index in [4.69, 9.17) is 16.6 Å². The molecule has 0 aromatic carbocycles. The number of aryl methyl sites for hydroxylation is 1. The Kier molecular flexibility index (Phi) is 10.5. The highest BCUT2D eigenvalue weighted by atomic mass is 127. The van der Waals surface area contributed by atoms with Crippen molar-refractivity contribution in [2.75, 3.05) is 36.5 Å². The van der Waals surface area contributed by atoms with Crippen LogP contribution >= 0.6 is 47.3 Å². The number of thioether (sulfide) groups is 1. The predicted octanol–water partition coefficient (Wildman–Crippen LogP) is 2.86. The van der Waals surface area contributed by atoms with Gasteiger partial charge in [0.15, 0.2) is 11.8 Å².